The number of hydrogen-bond acceptors (Lipinski definition) is 0. The van der Waals surface area contributed by atoms with E-state index in [4.69, 9.17) is 0 Å². The van der Waals surface area contributed by atoms with E-state index in [0.29, 0.717) is 0 Å². The second kappa shape index (κ2) is 11.1. The summed E-state index contributed by atoms with van der Waals surface area (Å²) in [6.45, 7) is 20.9. The normalized spacial score (nSPS) is 13.6. The maximum atomic E-state index is 2.75. The first-order valence-electron chi connectivity index (χ1n) is 21.0. The van der Waals surface area contributed by atoms with Crippen molar-refractivity contribution < 1.29 is 0 Å². The van der Waals surface area contributed by atoms with Gasteiger partial charge in [-0.2, -0.15) is 0 Å². The summed E-state index contributed by atoms with van der Waals surface area (Å²) in [5.41, 5.74) is 21.4. The van der Waals surface area contributed by atoms with Gasteiger partial charge in [-0.15, -0.1) is 0 Å². The second-order valence-corrected chi connectivity index (χ2v) is 19.6. The van der Waals surface area contributed by atoms with E-state index in [1.165, 1.54) is 132 Å². The van der Waals surface area contributed by atoms with Crippen LogP contribution < -0.4 is 10.9 Å². The number of nitrogens with zero attached hydrogens (tertiary/aromatic N) is 2. The second-order valence-electron chi connectivity index (χ2n) is 19.6. The molecular weight excluding hydrogens is 699 g/mol. The van der Waals surface area contributed by atoms with Crippen LogP contribution in [0.5, 0.6) is 0 Å². The third-order valence-electron chi connectivity index (χ3n) is 13.8. The van der Waals surface area contributed by atoms with E-state index in [1.54, 1.807) is 0 Å². The van der Waals surface area contributed by atoms with Crippen LogP contribution in [0.1, 0.15) is 69.4 Å². The van der Waals surface area contributed by atoms with E-state index in [9.17, 15) is 0 Å². The molecule has 2 aliphatic rings. The third kappa shape index (κ3) is 4.34. The van der Waals surface area contributed by atoms with Gasteiger partial charge in [-0.05, 0) is 145 Å². The number of aromatic nitrogens is 2. The molecule has 2 aromatic heterocycles. The molecule has 0 saturated heterocycles. The van der Waals surface area contributed by atoms with Crippen LogP contribution in [0.3, 0.4) is 0 Å². The van der Waals surface area contributed by atoms with Crippen LogP contribution >= 0.6 is 0 Å². The van der Waals surface area contributed by atoms with E-state index in [2.05, 4.69) is 193 Å². The summed E-state index contributed by atoms with van der Waals surface area (Å²) in [6, 6.07) is 47.5. The molecule has 0 spiro atoms. The fourth-order valence-corrected chi connectivity index (χ4v) is 11.2. The minimum atomic E-state index is -0.0330. The van der Waals surface area contributed by atoms with E-state index in [0.717, 1.165) is 0 Å². The van der Waals surface area contributed by atoms with E-state index in [1.807, 2.05) is 0 Å². The molecule has 2 nitrogen and oxygen atoms in total. The van der Waals surface area contributed by atoms with Gasteiger partial charge in [0.1, 0.15) is 0 Å². The average molecular weight is 747 g/mol. The number of fused-ring (bicyclic) bond motifs is 14. The number of aryl methyl sites for hydroxylation is 3. The van der Waals surface area contributed by atoms with Gasteiger partial charge >= 0.3 is 6.85 Å². The lowest BCUT2D eigenvalue weighted by atomic mass is 9.45. The summed E-state index contributed by atoms with van der Waals surface area (Å²) in [6.07, 6.45) is 0. The summed E-state index contributed by atoms with van der Waals surface area (Å²) in [7, 11) is 0. The third-order valence-corrected chi connectivity index (χ3v) is 13.8. The molecule has 10 aromatic rings. The van der Waals surface area contributed by atoms with E-state index < -0.39 is 0 Å². The molecule has 3 heteroatoms. The van der Waals surface area contributed by atoms with Gasteiger partial charge < -0.3 is 9.05 Å². The fourth-order valence-electron chi connectivity index (χ4n) is 11.2. The van der Waals surface area contributed by atoms with E-state index >= 15 is 0 Å². The molecule has 8 aromatic carbocycles. The predicted molar refractivity (Wildman–Crippen MR) is 252 cm³/mol. The average Bonchev–Trinajstić information content (AvgIpc) is 3.71. The number of rotatable bonds is 1. The monoisotopic (exact) mass is 746 g/mol. The Morgan fingerprint density at radius 1 is 0.500 bits per heavy atom. The molecule has 0 N–H and O–H groups in total. The van der Waals surface area contributed by atoms with Crippen molar-refractivity contribution in [3.8, 4) is 27.9 Å². The first kappa shape index (κ1) is 34.0. The molecule has 0 amide bonds. The van der Waals surface area contributed by atoms with Crippen molar-refractivity contribution >= 4 is 82.9 Å². The highest BCUT2D eigenvalue weighted by atomic mass is 15.0. The summed E-state index contributed by atoms with van der Waals surface area (Å²) < 4.78 is 5.41. The smallest absolute Gasteiger partial charge is 0.333 e. The van der Waals surface area contributed by atoms with Crippen LogP contribution in [0.2, 0.25) is 0 Å². The van der Waals surface area contributed by atoms with Crippen molar-refractivity contribution in [1.29, 1.82) is 0 Å². The van der Waals surface area contributed by atoms with Gasteiger partial charge in [0, 0.05) is 43.8 Å². The Morgan fingerprint density at radius 3 is 1.88 bits per heavy atom. The van der Waals surface area contributed by atoms with Crippen LogP contribution in [0.15, 0.2) is 121 Å². The molecule has 0 fully saturated rings. The Morgan fingerprint density at radius 2 is 1.16 bits per heavy atom. The Balaban J connectivity index is 1.36. The Labute approximate surface area is 340 Å². The minimum absolute atomic E-state index is 0.0112. The lowest BCUT2D eigenvalue weighted by Crippen LogP contribution is -2.55. The highest BCUT2D eigenvalue weighted by Crippen LogP contribution is 2.48. The van der Waals surface area contributed by atoms with Crippen LogP contribution in [0.4, 0.5) is 0 Å². The molecule has 12 rings (SSSR count). The Kier molecular flexibility index (Phi) is 6.52. The molecule has 58 heavy (non-hydrogen) atoms. The molecular formula is C55H47BN2. The molecule has 0 unspecified atom stereocenters. The Hall–Kier alpha value is -6.06. The standard InChI is InChI=1S/C55H47BN2/c1-30-22-31(2)48(32(3)23-30)35-24-41-43-29-37(55(7,8)9)28-42-40-27-36(54(4,5)6)19-21-45(40)58(52(42)43)56-44-25-34-15-11-13-17-39(34)50-49-38-16-12-10-14-33(38)18-20-46(49)57(53(44)50)47(26-35)51(41)56/h10-29H,1-9H3. The van der Waals surface area contributed by atoms with Crippen LogP contribution in [0, 0.1) is 20.8 Å². The quantitative estimate of drug-likeness (QED) is 0.148. The number of hydrogen-bond donors (Lipinski definition) is 0. The molecule has 0 atom stereocenters. The molecule has 0 aliphatic carbocycles. The van der Waals surface area contributed by atoms with Gasteiger partial charge in [0.25, 0.3) is 0 Å². The summed E-state index contributed by atoms with van der Waals surface area (Å²) in [5, 5.41) is 10.6. The zero-order valence-corrected chi connectivity index (χ0v) is 35.0. The van der Waals surface area contributed by atoms with Crippen molar-refractivity contribution in [2.45, 2.75) is 73.1 Å². The maximum absolute atomic E-state index is 2.75. The SMILES string of the molecule is Cc1cc(C)c(-c2cc3c4c(c2)-n2c5ccc6ccccc6c5c5c6ccccc6cc(c52)B4n2c4ccc(C(C)(C)C)cc4c4cc(C(C)(C)C)cc-3c42)c(C)c1. The molecule has 0 bridgehead atoms. The largest absolute Gasteiger partial charge is 0.375 e. The van der Waals surface area contributed by atoms with Gasteiger partial charge in [0.15, 0.2) is 0 Å². The van der Waals surface area contributed by atoms with Crippen molar-refractivity contribution in [3.05, 3.63) is 149 Å². The van der Waals surface area contributed by atoms with Crippen LogP contribution in [-0.2, 0) is 10.8 Å². The zero-order chi connectivity index (χ0) is 39.7. The van der Waals surface area contributed by atoms with Gasteiger partial charge in [-0.25, -0.2) is 0 Å². The lowest BCUT2D eigenvalue weighted by molar-refractivity contribution is 0.590. The summed E-state index contributed by atoms with van der Waals surface area (Å²) >= 11 is 0. The molecule has 0 radical (unpaired) electrons. The lowest BCUT2D eigenvalue weighted by Gasteiger charge is -2.35. The maximum Gasteiger partial charge on any atom is 0.333 e. The first-order chi connectivity index (χ1) is 27.8. The molecule has 280 valence electrons. The minimum Gasteiger partial charge on any atom is -0.375 e. The highest BCUT2D eigenvalue weighted by Gasteiger charge is 2.43. The van der Waals surface area contributed by atoms with Crippen molar-refractivity contribution in [2.75, 3.05) is 0 Å². The number of benzene rings is 8. The highest BCUT2D eigenvalue weighted by molar-refractivity contribution is 6.90. The van der Waals surface area contributed by atoms with E-state index in [-0.39, 0.29) is 17.7 Å². The zero-order valence-electron chi connectivity index (χ0n) is 35.0. The molecule has 4 heterocycles. The molecule has 0 saturated carbocycles. The summed E-state index contributed by atoms with van der Waals surface area (Å²) in [5.74, 6) is 0. The molecule has 2 aliphatic heterocycles. The topological polar surface area (TPSA) is 9.86 Å². The predicted octanol–water partition coefficient (Wildman–Crippen LogP) is 13.3. The summed E-state index contributed by atoms with van der Waals surface area (Å²) in [4.78, 5) is 0. The van der Waals surface area contributed by atoms with Gasteiger partial charge in [-0.3, -0.25) is 0 Å². The van der Waals surface area contributed by atoms with Gasteiger partial charge in [0.2, 0.25) is 0 Å². The Bertz CT molecular complexity index is 3480. The van der Waals surface area contributed by atoms with Crippen LogP contribution in [-0.4, -0.2) is 15.9 Å². The first-order valence-corrected chi connectivity index (χ1v) is 21.0. The van der Waals surface area contributed by atoms with Gasteiger partial charge in [-0.1, -0.05) is 126 Å². The van der Waals surface area contributed by atoms with Crippen molar-refractivity contribution in [1.82, 2.24) is 9.05 Å². The van der Waals surface area contributed by atoms with Crippen LogP contribution in [0.25, 0.3) is 93.1 Å². The van der Waals surface area contributed by atoms with Crippen molar-refractivity contribution in [2.24, 2.45) is 0 Å². The van der Waals surface area contributed by atoms with Crippen molar-refractivity contribution in [3.63, 3.8) is 0 Å². The fraction of sp³-hybridized carbons (Fsp3) is 0.200. The van der Waals surface area contributed by atoms with Gasteiger partial charge in [0.05, 0.1) is 11.0 Å².